The standard InChI is InChI=1S/C19H19NO/c1-13-2-9-18-16(10-13)11-19(21-18)15-5-3-14(4-6-15)12-20-17-7-8-17/h2-6,9-11,17,20H,7-8,12H2,1H3. The average Bonchev–Trinajstić information content (AvgIpc) is 3.24. The fraction of sp³-hybridized carbons (Fsp3) is 0.263. The molecule has 106 valence electrons. The van der Waals surface area contributed by atoms with E-state index in [2.05, 4.69) is 54.7 Å². The van der Waals surface area contributed by atoms with Crippen molar-refractivity contribution in [3.63, 3.8) is 0 Å². The molecule has 3 aromatic rings. The minimum atomic E-state index is 0.753. The summed E-state index contributed by atoms with van der Waals surface area (Å²) in [5, 5.41) is 4.71. The number of rotatable bonds is 4. The molecule has 0 saturated heterocycles. The van der Waals surface area contributed by atoms with Gasteiger partial charge in [0.15, 0.2) is 0 Å². The van der Waals surface area contributed by atoms with Crippen LogP contribution < -0.4 is 5.32 Å². The van der Waals surface area contributed by atoms with Crippen LogP contribution in [0, 0.1) is 6.92 Å². The topological polar surface area (TPSA) is 25.2 Å². The fourth-order valence-electron chi connectivity index (χ4n) is 2.64. The molecule has 2 heteroatoms. The van der Waals surface area contributed by atoms with Crippen LogP contribution in [-0.4, -0.2) is 6.04 Å². The molecule has 0 aliphatic heterocycles. The van der Waals surface area contributed by atoms with E-state index in [1.165, 1.54) is 29.4 Å². The zero-order valence-electron chi connectivity index (χ0n) is 12.2. The summed E-state index contributed by atoms with van der Waals surface area (Å²) >= 11 is 0. The van der Waals surface area contributed by atoms with E-state index in [-0.39, 0.29) is 0 Å². The molecule has 2 nitrogen and oxygen atoms in total. The second-order valence-corrected chi connectivity index (χ2v) is 6.00. The second kappa shape index (κ2) is 5.05. The lowest BCUT2D eigenvalue weighted by atomic mass is 10.1. The minimum Gasteiger partial charge on any atom is -0.456 e. The number of aryl methyl sites for hydroxylation is 1. The Morgan fingerprint density at radius 1 is 1.05 bits per heavy atom. The first-order valence-electron chi connectivity index (χ1n) is 7.61. The highest BCUT2D eigenvalue weighted by molar-refractivity contribution is 5.83. The third-order valence-corrected chi connectivity index (χ3v) is 4.08. The predicted octanol–water partition coefficient (Wildman–Crippen LogP) is 4.66. The van der Waals surface area contributed by atoms with E-state index in [0.29, 0.717) is 0 Å². The molecule has 1 fully saturated rings. The molecule has 1 aliphatic rings. The van der Waals surface area contributed by atoms with Crippen LogP contribution in [-0.2, 0) is 6.54 Å². The number of furan rings is 1. The van der Waals surface area contributed by atoms with Gasteiger partial charge in [-0.15, -0.1) is 0 Å². The van der Waals surface area contributed by atoms with Gasteiger partial charge in [0, 0.05) is 23.5 Å². The molecule has 4 rings (SSSR count). The summed E-state index contributed by atoms with van der Waals surface area (Å²) in [5.74, 6) is 0.942. The van der Waals surface area contributed by atoms with Crippen molar-refractivity contribution in [3.8, 4) is 11.3 Å². The van der Waals surface area contributed by atoms with Gasteiger partial charge in [-0.25, -0.2) is 0 Å². The lowest BCUT2D eigenvalue weighted by Crippen LogP contribution is -2.14. The van der Waals surface area contributed by atoms with E-state index < -0.39 is 0 Å². The summed E-state index contributed by atoms with van der Waals surface area (Å²) in [6, 6.07) is 17.8. The Labute approximate surface area is 124 Å². The van der Waals surface area contributed by atoms with Crippen molar-refractivity contribution >= 4 is 11.0 Å². The first-order valence-corrected chi connectivity index (χ1v) is 7.61. The summed E-state index contributed by atoms with van der Waals surface area (Å²) < 4.78 is 5.94. The van der Waals surface area contributed by atoms with Crippen LogP contribution in [0.1, 0.15) is 24.0 Å². The maximum atomic E-state index is 5.94. The van der Waals surface area contributed by atoms with Crippen molar-refractivity contribution < 1.29 is 4.42 Å². The summed E-state index contributed by atoms with van der Waals surface area (Å²) in [6.45, 7) is 3.07. The van der Waals surface area contributed by atoms with Crippen LogP contribution in [0.15, 0.2) is 52.9 Å². The van der Waals surface area contributed by atoms with E-state index in [4.69, 9.17) is 4.42 Å². The third-order valence-electron chi connectivity index (χ3n) is 4.08. The van der Waals surface area contributed by atoms with E-state index in [1.807, 2.05) is 6.07 Å². The van der Waals surface area contributed by atoms with Crippen molar-refractivity contribution in [1.82, 2.24) is 5.32 Å². The van der Waals surface area contributed by atoms with Gasteiger partial charge in [0.05, 0.1) is 0 Å². The van der Waals surface area contributed by atoms with E-state index in [9.17, 15) is 0 Å². The molecule has 0 spiro atoms. The Balaban J connectivity index is 1.58. The molecule has 1 aliphatic carbocycles. The average molecular weight is 277 g/mol. The Morgan fingerprint density at radius 3 is 2.62 bits per heavy atom. The highest BCUT2D eigenvalue weighted by atomic mass is 16.3. The van der Waals surface area contributed by atoms with Crippen LogP contribution >= 0.6 is 0 Å². The van der Waals surface area contributed by atoms with Crippen molar-refractivity contribution in [3.05, 3.63) is 59.7 Å². The van der Waals surface area contributed by atoms with E-state index in [1.54, 1.807) is 0 Å². The molecule has 0 amide bonds. The van der Waals surface area contributed by atoms with Gasteiger partial charge in [-0.1, -0.05) is 35.9 Å². The first kappa shape index (κ1) is 12.7. The van der Waals surface area contributed by atoms with Gasteiger partial charge in [0.1, 0.15) is 11.3 Å². The summed E-state index contributed by atoms with van der Waals surface area (Å²) in [6.07, 6.45) is 2.66. The number of nitrogens with one attached hydrogen (secondary N) is 1. The Bertz CT molecular complexity index is 766. The lowest BCUT2D eigenvalue weighted by molar-refractivity contribution is 0.631. The molecule has 1 saturated carbocycles. The smallest absolute Gasteiger partial charge is 0.135 e. The molecule has 1 N–H and O–H groups in total. The summed E-state index contributed by atoms with van der Waals surface area (Å²) in [4.78, 5) is 0. The van der Waals surface area contributed by atoms with Gasteiger partial charge in [-0.05, 0) is 43.5 Å². The van der Waals surface area contributed by atoms with Gasteiger partial charge in [0.2, 0.25) is 0 Å². The minimum absolute atomic E-state index is 0.753. The van der Waals surface area contributed by atoms with Crippen LogP contribution in [0.25, 0.3) is 22.3 Å². The number of hydrogen-bond acceptors (Lipinski definition) is 2. The zero-order chi connectivity index (χ0) is 14.2. The third kappa shape index (κ3) is 2.72. The van der Waals surface area contributed by atoms with Crippen molar-refractivity contribution in [2.24, 2.45) is 0 Å². The molecular formula is C19H19NO. The molecule has 0 radical (unpaired) electrons. The van der Waals surface area contributed by atoms with Crippen LogP contribution in [0.4, 0.5) is 0 Å². The van der Waals surface area contributed by atoms with Gasteiger partial charge in [0.25, 0.3) is 0 Å². The highest BCUT2D eigenvalue weighted by Gasteiger charge is 2.19. The van der Waals surface area contributed by atoms with Gasteiger partial charge >= 0.3 is 0 Å². The molecule has 0 atom stereocenters. The molecule has 2 aromatic carbocycles. The van der Waals surface area contributed by atoms with Gasteiger partial charge in [-0.2, -0.15) is 0 Å². The maximum absolute atomic E-state index is 5.94. The van der Waals surface area contributed by atoms with E-state index in [0.717, 1.165) is 29.5 Å². The molecule has 21 heavy (non-hydrogen) atoms. The predicted molar refractivity (Wildman–Crippen MR) is 86.2 cm³/mol. The monoisotopic (exact) mass is 277 g/mol. The van der Waals surface area contributed by atoms with Crippen LogP contribution in [0.2, 0.25) is 0 Å². The van der Waals surface area contributed by atoms with Crippen LogP contribution in [0.5, 0.6) is 0 Å². The quantitative estimate of drug-likeness (QED) is 0.750. The SMILES string of the molecule is Cc1ccc2oc(-c3ccc(CNC4CC4)cc3)cc2c1. The fourth-order valence-corrected chi connectivity index (χ4v) is 2.64. The Kier molecular flexibility index (Phi) is 3.04. The largest absolute Gasteiger partial charge is 0.456 e. The highest BCUT2D eigenvalue weighted by Crippen LogP contribution is 2.28. The summed E-state index contributed by atoms with van der Waals surface area (Å²) in [7, 11) is 0. The molecule has 1 heterocycles. The van der Waals surface area contributed by atoms with Gasteiger partial charge < -0.3 is 9.73 Å². The van der Waals surface area contributed by atoms with Gasteiger partial charge in [-0.3, -0.25) is 0 Å². The maximum Gasteiger partial charge on any atom is 0.135 e. The normalized spacial score (nSPS) is 14.7. The van der Waals surface area contributed by atoms with Crippen LogP contribution in [0.3, 0.4) is 0 Å². The van der Waals surface area contributed by atoms with Crippen molar-refractivity contribution in [2.75, 3.05) is 0 Å². The lowest BCUT2D eigenvalue weighted by Gasteiger charge is -2.03. The van der Waals surface area contributed by atoms with Crippen molar-refractivity contribution in [2.45, 2.75) is 32.4 Å². The second-order valence-electron chi connectivity index (χ2n) is 6.00. The zero-order valence-corrected chi connectivity index (χ0v) is 12.2. The van der Waals surface area contributed by atoms with E-state index >= 15 is 0 Å². The number of fused-ring (bicyclic) bond motifs is 1. The molecule has 1 aromatic heterocycles. The number of hydrogen-bond donors (Lipinski definition) is 1. The Morgan fingerprint density at radius 2 is 1.86 bits per heavy atom. The molecule has 0 unspecified atom stereocenters. The number of benzene rings is 2. The Hall–Kier alpha value is -2.06. The first-order chi connectivity index (χ1) is 10.3. The molecule has 0 bridgehead atoms. The van der Waals surface area contributed by atoms with Crippen molar-refractivity contribution in [1.29, 1.82) is 0 Å². The molecular weight excluding hydrogens is 258 g/mol. The summed E-state index contributed by atoms with van der Waals surface area (Å²) in [5.41, 5.74) is 4.68.